The minimum atomic E-state index is -3.76. The number of thiocarbonyl (C=S) groups is 1. The summed E-state index contributed by atoms with van der Waals surface area (Å²) in [6.07, 6.45) is 3.09. The lowest BCUT2D eigenvalue weighted by Crippen LogP contribution is -2.32. The van der Waals surface area contributed by atoms with Crippen LogP contribution in [0, 0.1) is 0 Å². The van der Waals surface area contributed by atoms with Gasteiger partial charge in [-0.2, -0.15) is 0 Å². The summed E-state index contributed by atoms with van der Waals surface area (Å²) in [6.45, 7) is 2.41. The number of benzene rings is 2. The molecule has 0 aliphatic heterocycles. The second kappa shape index (κ2) is 10.9. The van der Waals surface area contributed by atoms with Crippen molar-refractivity contribution < 1.29 is 17.9 Å². The molecule has 0 aliphatic rings. The zero-order chi connectivity index (χ0) is 23.0. The van der Waals surface area contributed by atoms with Crippen LogP contribution in [0.1, 0.15) is 11.8 Å². The summed E-state index contributed by atoms with van der Waals surface area (Å²) in [5, 5.41) is 7.42. The van der Waals surface area contributed by atoms with Crippen LogP contribution in [0.5, 0.6) is 5.75 Å². The Bertz CT molecular complexity index is 1190. The highest BCUT2D eigenvalue weighted by molar-refractivity contribution is 7.92. The summed E-state index contributed by atoms with van der Waals surface area (Å²) in [5.74, 6) is 0.297. The van der Waals surface area contributed by atoms with Crippen LogP contribution in [-0.2, 0) is 14.8 Å². The van der Waals surface area contributed by atoms with Crippen LogP contribution < -0.4 is 20.1 Å². The molecule has 7 nitrogen and oxygen atoms in total. The van der Waals surface area contributed by atoms with E-state index in [0.29, 0.717) is 23.7 Å². The van der Waals surface area contributed by atoms with Crippen molar-refractivity contribution in [3.8, 4) is 5.75 Å². The molecule has 0 aliphatic carbocycles. The summed E-state index contributed by atoms with van der Waals surface area (Å²) in [4.78, 5) is 13.0. The Balaban J connectivity index is 1.56. The molecule has 2 aromatic carbocycles. The number of carbonyl (C=O) groups is 1. The largest absolute Gasteiger partial charge is 0.494 e. The Morgan fingerprint density at radius 1 is 1.06 bits per heavy atom. The molecule has 1 aromatic heterocycles. The molecule has 0 unspecified atom stereocenters. The normalized spacial score (nSPS) is 11.2. The van der Waals surface area contributed by atoms with Gasteiger partial charge in [-0.05, 0) is 85.2 Å². The predicted molar refractivity (Wildman–Crippen MR) is 133 cm³/mol. The fraction of sp³-hybridized carbons (Fsp3) is 0.0909. The van der Waals surface area contributed by atoms with Crippen molar-refractivity contribution in [2.45, 2.75) is 11.8 Å². The Hall–Kier alpha value is -3.21. The van der Waals surface area contributed by atoms with E-state index >= 15 is 0 Å². The number of ether oxygens (including phenoxy) is 1. The van der Waals surface area contributed by atoms with Gasteiger partial charge in [0.05, 0.1) is 11.5 Å². The average molecular weight is 488 g/mol. The maximum atomic E-state index is 12.6. The van der Waals surface area contributed by atoms with E-state index < -0.39 is 10.0 Å². The third-order valence-electron chi connectivity index (χ3n) is 4.02. The van der Waals surface area contributed by atoms with E-state index in [1.807, 2.05) is 24.4 Å². The van der Waals surface area contributed by atoms with Crippen molar-refractivity contribution in [2.24, 2.45) is 0 Å². The van der Waals surface area contributed by atoms with Crippen LogP contribution in [-0.4, -0.2) is 26.0 Å². The molecule has 0 spiro atoms. The SMILES string of the molecule is CCOc1ccc(NS(=O)(=O)c2ccc(NC(=S)NC(=O)C=Cc3cccs3)cc2)cc1. The molecule has 3 N–H and O–H groups in total. The van der Waals surface area contributed by atoms with Gasteiger partial charge in [0.2, 0.25) is 5.91 Å². The quantitative estimate of drug-likeness (QED) is 0.320. The van der Waals surface area contributed by atoms with Gasteiger partial charge in [0, 0.05) is 22.3 Å². The maximum Gasteiger partial charge on any atom is 0.261 e. The highest BCUT2D eigenvalue weighted by Gasteiger charge is 2.14. The van der Waals surface area contributed by atoms with Gasteiger partial charge in [0.25, 0.3) is 10.0 Å². The molecule has 0 fully saturated rings. The molecular formula is C22H21N3O4S3. The first-order chi connectivity index (χ1) is 15.4. The number of anilines is 2. The minimum absolute atomic E-state index is 0.0887. The molecule has 166 valence electrons. The fourth-order valence-corrected chi connectivity index (χ4v) is 4.47. The van der Waals surface area contributed by atoms with Gasteiger partial charge in [-0.3, -0.25) is 14.8 Å². The van der Waals surface area contributed by atoms with Crippen LogP contribution >= 0.6 is 23.6 Å². The molecule has 0 atom stereocenters. The van der Waals surface area contributed by atoms with Gasteiger partial charge >= 0.3 is 0 Å². The fourth-order valence-electron chi connectivity index (χ4n) is 2.58. The van der Waals surface area contributed by atoms with E-state index in [2.05, 4.69) is 15.4 Å². The van der Waals surface area contributed by atoms with E-state index in [1.165, 1.54) is 29.5 Å². The van der Waals surface area contributed by atoms with E-state index in [1.54, 1.807) is 42.5 Å². The van der Waals surface area contributed by atoms with E-state index in [0.717, 1.165) is 4.88 Å². The van der Waals surface area contributed by atoms with Gasteiger partial charge in [0.15, 0.2) is 5.11 Å². The van der Waals surface area contributed by atoms with Gasteiger partial charge in [-0.25, -0.2) is 8.42 Å². The number of hydrogen-bond acceptors (Lipinski definition) is 6. The molecule has 0 radical (unpaired) electrons. The number of amides is 1. The third kappa shape index (κ3) is 6.91. The van der Waals surface area contributed by atoms with Gasteiger partial charge in [0.1, 0.15) is 5.75 Å². The van der Waals surface area contributed by atoms with Crippen molar-refractivity contribution in [1.82, 2.24) is 5.32 Å². The lowest BCUT2D eigenvalue weighted by molar-refractivity contribution is -0.115. The molecule has 0 bridgehead atoms. The molecule has 0 saturated carbocycles. The van der Waals surface area contributed by atoms with E-state index in [-0.39, 0.29) is 15.9 Å². The lowest BCUT2D eigenvalue weighted by Gasteiger charge is -2.11. The molecule has 10 heteroatoms. The molecule has 3 aromatic rings. The topological polar surface area (TPSA) is 96.5 Å². The number of sulfonamides is 1. The van der Waals surface area contributed by atoms with Crippen molar-refractivity contribution in [3.63, 3.8) is 0 Å². The van der Waals surface area contributed by atoms with Gasteiger partial charge < -0.3 is 10.1 Å². The molecule has 3 rings (SSSR count). The first-order valence-corrected chi connectivity index (χ1v) is 12.3. The summed E-state index contributed by atoms with van der Waals surface area (Å²) in [5.41, 5.74) is 0.965. The molecular weight excluding hydrogens is 466 g/mol. The van der Waals surface area contributed by atoms with Crippen LogP contribution in [0.2, 0.25) is 0 Å². The smallest absolute Gasteiger partial charge is 0.261 e. The van der Waals surface area contributed by atoms with Crippen LogP contribution in [0.25, 0.3) is 6.08 Å². The Morgan fingerprint density at radius 3 is 2.38 bits per heavy atom. The number of rotatable bonds is 8. The molecule has 1 heterocycles. The Morgan fingerprint density at radius 2 is 1.75 bits per heavy atom. The van der Waals surface area contributed by atoms with Crippen molar-refractivity contribution in [3.05, 3.63) is 77.0 Å². The van der Waals surface area contributed by atoms with Crippen LogP contribution in [0.15, 0.2) is 77.0 Å². The summed E-state index contributed by atoms with van der Waals surface area (Å²) in [7, 11) is -3.76. The highest BCUT2D eigenvalue weighted by Crippen LogP contribution is 2.21. The third-order valence-corrected chi connectivity index (χ3v) is 6.46. The van der Waals surface area contributed by atoms with Crippen molar-refractivity contribution in [2.75, 3.05) is 16.6 Å². The van der Waals surface area contributed by atoms with E-state index in [4.69, 9.17) is 17.0 Å². The van der Waals surface area contributed by atoms with Crippen LogP contribution in [0.4, 0.5) is 11.4 Å². The first kappa shape index (κ1) is 23.5. The standard InChI is InChI=1S/C22H21N3O4S3/c1-2-29-18-9-5-17(6-10-18)25-32(27,28)20-12-7-16(8-13-20)23-22(30)24-21(26)14-11-19-4-3-15-31-19/h3-15,25H,2H2,1H3,(H2,23,24,26,30). The number of hydrogen-bond donors (Lipinski definition) is 3. The Kier molecular flexibility index (Phi) is 7.98. The maximum absolute atomic E-state index is 12.6. The van der Waals surface area contributed by atoms with Crippen molar-refractivity contribution in [1.29, 1.82) is 0 Å². The second-order valence-corrected chi connectivity index (χ2v) is 9.45. The second-order valence-electron chi connectivity index (χ2n) is 6.38. The van der Waals surface area contributed by atoms with Crippen LogP contribution in [0.3, 0.4) is 0 Å². The van der Waals surface area contributed by atoms with Gasteiger partial charge in [-0.15, -0.1) is 11.3 Å². The molecule has 1 amide bonds. The number of carbonyl (C=O) groups excluding carboxylic acids is 1. The highest BCUT2D eigenvalue weighted by atomic mass is 32.2. The molecule has 32 heavy (non-hydrogen) atoms. The zero-order valence-electron chi connectivity index (χ0n) is 17.1. The number of nitrogens with one attached hydrogen (secondary N) is 3. The Labute approximate surface area is 196 Å². The van der Waals surface area contributed by atoms with Gasteiger partial charge in [-0.1, -0.05) is 6.07 Å². The first-order valence-electron chi connectivity index (χ1n) is 9.55. The average Bonchev–Trinajstić information content (AvgIpc) is 3.28. The van der Waals surface area contributed by atoms with E-state index in [9.17, 15) is 13.2 Å². The summed E-state index contributed by atoms with van der Waals surface area (Å²) < 4.78 is 33.1. The predicted octanol–water partition coefficient (Wildman–Crippen LogP) is 4.47. The zero-order valence-corrected chi connectivity index (χ0v) is 19.5. The lowest BCUT2D eigenvalue weighted by atomic mass is 10.3. The minimum Gasteiger partial charge on any atom is -0.494 e. The summed E-state index contributed by atoms with van der Waals surface area (Å²) >= 11 is 6.65. The van der Waals surface area contributed by atoms with Crippen molar-refractivity contribution >= 4 is 62.0 Å². The number of thiophene rings is 1. The monoisotopic (exact) mass is 487 g/mol. The summed E-state index contributed by atoms with van der Waals surface area (Å²) in [6, 6.07) is 16.5. The molecule has 0 saturated heterocycles.